The summed E-state index contributed by atoms with van der Waals surface area (Å²) in [5, 5.41) is 22.5. The van der Waals surface area contributed by atoms with E-state index in [-0.39, 0.29) is 83.5 Å². The van der Waals surface area contributed by atoms with E-state index >= 15 is 0 Å². The smallest absolute Gasteiger partial charge is 0.202 e. The molecule has 0 bridgehead atoms. The van der Waals surface area contributed by atoms with E-state index in [1.807, 2.05) is 26.8 Å². The van der Waals surface area contributed by atoms with Crippen LogP contribution < -0.4 is 0 Å². The first-order valence-corrected chi connectivity index (χ1v) is 21.3. The number of aliphatic hydroxyl groups is 2. The van der Waals surface area contributed by atoms with Crippen molar-refractivity contribution in [1.82, 2.24) is 0 Å². The molecule has 5 aliphatic heterocycles. The fraction of sp³-hybridized carbons (Fsp3) is 0.909. The molecule has 304 valence electrons. The maximum atomic E-state index is 14.6. The summed E-state index contributed by atoms with van der Waals surface area (Å²) in [7, 11) is 0. The zero-order valence-corrected chi connectivity index (χ0v) is 35.1. The number of hydrogen-bond acceptors (Lipinski definition) is 9. The van der Waals surface area contributed by atoms with Gasteiger partial charge >= 0.3 is 0 Å². The topological polar surface area (TPSA) is 121 Å². The van der Waals surface area contributed by atoms with Gasteiger partial charge in [0.25, 0.3) is 0 Å². The molecule has 0 aromatic heterocycles. The molecular weight excluding hydrogens is 672 g/mol. The Labute approximate surface area is 320 Å². The number of ketones is 2. The average molecular weight is 747 g/mol. The van der Waals surface area contributed by atoms with E-state index < -0.39 is 28.9 Å². The molecule has 4 saturated heterocycles. The molecule has 4 fully saturated rings. The summed E-state index contributed by atoms with van der Waals surface area (Å²) in [6, 6.07) is 0. The summed E-state index contributed by atoms with van der Waals surface area (Å²) in [6.45, 7) is 24.8. The van der Waals surface area contributed by atoms with Gasteiger partial charge in [0, 0.05) is 30.1 Å². The second kappa shape index (κ2) is 16.3. The summed E-state index contributed by atoms with van der Waals surface area (Å²) >= 11 is 0. The fourth-order valence-corrected chi connectivity index (χ4v) is 10.9. The van der Waals surface area contributed by atoms with Crippen LogP contribution in [-0.2, 0) is 33.3 Å². The maximum absolute atomic E-state index is 14.6. The highest BCUT2D eigenvalue weighted by Crippen LogP contribution is 2.54. The maximum Gasteiger partial charge on any atom is 0.202 e. The van der Waals surface area contributed by atoms with Crippen LogP contribution in [0, 0.1) is 47.3 Å². The molecule has 0 aromatic rings. The normalized spacial score (nSPS) is 46.2. The summed E-state index contributed by atoms with van der Waals surface area (Å²) < 4.78 is 34.0. The summed E-state index contributed by atoms with van der Waals surface area (Å²) in [5.41, 5.74) is -1.57. The molecule has 3 unspecified atom stereocenters. The Hall–Kier alpha value is -1.20. The first-order valence-electron chi connectivity index (χ1n) is 21.3. The van der Waals surface area contributed by atoms with E-state index in [4.69, 9.17) is 23.7 Å². The highest BCUT2D eigenvalue weighted by Gasteiger charge is 2.63. The van der Waals surface area contributed by atoms with Crippen LogP contribution in [0.3, 0.4) is 0 Å². The number of rotatable bonds is 12. The van der Waals surface area contributed by atoms with Crippen LogP contribution in [0.2, 0.25) is 0 Å². The third-order valence-electron chi connectivity index (χ3n) is 15.2. The van der Waals surface area contributed by atoms with E-state index in [9.17, 15) is 19.8 Å². The molecule has 9 nitrogen and oxygen atoms in total. The van der Waals surface area contributed by atoms with E-state index in [0.717, 1.165) is 25.7 Å². The minimum absolute atomic E-state index is 0.0120. The number of ether oxygens (including phenoxy) is 5. The third-order valence-corrected chi connectivity index (χ3v) is 15.2. The molecule has 53 heavy (non-hydrogen) atoms. The van der Waals surface area contributed by atoms with Crippen LogP contribution in [0.4, 0.5) is 0 Å². The van der Waals surface area contributed by atoms with Crippen LogP contribution in [0.25, 0.3) is 0 Å². The van der Waals surface area contributed by atoms with E-state index in [2.05, 4.69) is 55.4 Å². The number of carbonyl (C=O) groups excluding carboxylic acids is 2. The molecule has 2 N–H and O–H groups in total. The van der Waals surface area contributed by atoms with Crippen LogP contribution >= 0.6 is 0 Å². The zero-order valence-electron chi connectivity index (χ0n) is 35.1. The minimum atomic E-state index is -1.31. The van der Waals surface area contributed by atoms with Crippen molar-refractivity contribution in [3.05, 3.63) is 12.2 Å². The lowest BCUT2D eigenvalue weighted by molar-refractivity contribution is -0.409. The summed E-state index contributed by atoms with van der Waals surface area (Å²) in [5.74, 6) is -2.07. The van der Waals surface area contributed by atoms with Gasteiger partial charge in [-0.25, -0.2) is 0 Å². The van der Waals surface area contributed by atoms with E-state index in [0.29, 0.717) is 44.4 Å². The molecule has 0 aliphatic carbocycles. The van der Waals surface area contributed by atoms with Gasteiger partial charge in [0.2, 0.25) is 5.79 Å². The highest BCUT2D eigenvalue weighted by molar-refractivity contribution is 5.84. The second-order valence-electron chi connectivity index (χ2n) is 18.6. The Balaban J connectivity index is 1.31. The van der Waals surface area contributed by atoms with Gasteiger partial charge in [-0.1, -0.05) is 62.3 Å². The number of Topliss-reactive ketones (excluding diaryl/α,β-unsaturated/α-hetero) is 2. The van der Waals surface area contributed by atoms with Gasteiger partial charge in [0.1, 0.15) is 17.7 Å². The zero-order chi connectivity index (χ0) is 39.3. The first-order chi connectivity index (χ1) is 24.8. The van der Waals surface area contributed by atoms with Crippen LogP contribution in [-0.4, -0.2) is 81.2 Å². The molecule has 0 saturated carbocycles. The molecule has 5 rings (SSSR count). The van der Waals surface area contributed by atoms with Crippen LogP contribution in [0.5, 0.6) is 0 Å². The monoisotopic (exact) mass is 747 g/mol. The lowest BCUT2D eigenvalue weighted by Gasteiger charge is -2.54. The average Bonchev–Trinajstić information content (AvgIpc) is 3.47. The highest BCUT2D eigenvalue weighted by atomic mass is 16.8. The largest absolute Gasteiger partial charge is 0.387 e. The van der Waals surface area contributed by atoms with Crippen molar-refractivity contribution in [2.45, 2.75) is 207 Å². The summed E-state index contributed by atoms with van der Waals surface area (Å²) in [4.78, 5) is 27.0. The quantitative estimate of drug-likeness (QED) is 0.192. The first kappa shape index (κ1) is 42.9. The van der Waals surface area contributed by atoms with Crippen molar-refractivity contribution in [3.63, 3.8) is 0 Å². The van der Waals surface area contributed by atoms with E-state index in [1.54, 1.807) is 13.0 Å². The number of carbonyl (C=O) groups is 2. The fourth-order valence-electron chi connectivity index (χ4n) is 10.9. The molecule has 0 amide bonds. The SMILES string of the molecule is CCC(C(C)=O)[C@H]1CC[C@H](C)C([C@@H](C)C(C)[C@H](C)C(=O)[C@H](CC)[C@H]2O[C@]3(C=C[C@@H](O)[C@]4(CC[C@@](C)([C@H]5CC[C@](O)(CC)[C@H](C)O5)O4)O3)[C@H](C)C[C@@H]2C)O1. The molecule has 5 heterocycles. The Morgan fingerprint density at radius 2 is 1.55 bits per heavy atom. The minimum Gasteiger partial charge on any atom is -0.387 e. The van der Waals surface area contributed by atoms with Gasteiger partial charge in [0.15, 0.2) is 5.79 Å². The molecule has 18 atom stereocenters. The van der Waals surface area contributed by atoms with Crippen molar-refractivity contribution >= 4 is 11.6 Å². The molecule has 5 aliphatic rings. The van der Waals surface area contributed by atoms with Crippen molar-refractivity contribution in [2.75, 3.05) is 0 Å². The predicted molar refractivity (Wildman–Crippen MR) is 205 cm³/mol. The van der Waals surface area contributed by atoms with Crippen molar-refractivity contribution in [3.8, 4) is 0 Å². The van der Waals surface area contributed by atoms with E-state index in [1.165, 1.54) is 0 Å². The molecular formula is C44H74O9. The molecule has 0 aromatic carbocycles. The van der Waals surface area contributed by atoms with Crippen molar-refractivity contribution < 1.29 is 43.5 Å². The Morgan fingerprint density at radius 3 is 2.15 bits per heavy atom. The third kappa shape index (κ3) is 8.02. The number of hydrogen-bond donors (Lipinski definition) is 2. The standard InChI is InChI=1S/C44H74O9/c1-13-33(31(10)45)35-17-16-25(4)39(50-35)30(9)28(7)29(8)38(47)34(14-2)40-26(5)24-27(6)43(51-40)21-18-36(46)44(53-43)23-22-41(12,52-44)37-19-20-42(48,15-3)32(11)49-37/h18,21,25-30,32-37,39-40,46,48H,13-17,19-20,22-24H2,1-12H3/t25-,26-,27+,28?,29-,30-,32-,33?,34-,35+,36+,37+,39?,40-,41-,42+,43-,44-/m0/s1. The van der Waals surface area contributed by atoms with Crippen LogP contribution in [0.1, 0.15) is 147 Å². The van der Waals surface area contributed by atoms with Gasteiger partial charge < -0.3 is 33.9 Å². The lowest BCUT2D eigenvalue weighted by atomic mass is 9.70. The van der Waals surface area contributed by atoms with Gasteiger partial charge in [0.05, 0.1) is 41.7 Å². The molecule has 0 radical (unpaired) electrons. The lowest BCUT2D eigenvalue weighted by Crippen LogP contribution is -2.63. The van der Waals surface area contributed by atoms with Gasteiger partial charge in [-0.15, -0.1) is 0 Å². The van der Waals surface area contributed by atoms with Gasteiger partial charge in [-0.3, -0.25) is 9.59 Å². The predicted octanol–water partition coefficient (Wildman–Crippen LogP) is 7.97. The summed E-state index contributed by atoms with van der Waals surface area (Å²) in [6.07, 6.45) is 8.76. The molecule has 2 spiro atoms. The second-order valence-corrected chi connectivity index (χ2v) is 18.6. The van der Waals surface area contributed by atoms with Crippen molar-refractivity contribution in [1.29, 1.82) is 0 Å². The van der Waals surface area contributed by atoms with Gasteiger partial charge in [-0.05, 0) is 114 Å². The Kier molecular flexibility index (Phi) is 13.2. The Morgan fingerprint density at radius 1 is 0.868 bits per heavy atom. The Bertz CT molecular complexity index is 1320. The van der Waals surface area contributed by atoms with Crippen LogP contribution in [0.15, 0.2) is 12.2 Å². The number of aliphatic hydroxyl groups excluding tert-OH is 1. The van der Waals surface area contributed by atoms with Gasteiger partial charge in [-0.2, -0.15) is 0 Å². The molecule has 9 heteroatoms. The van der Waals surface area contributed by atoms with Crippen molar-refractivity contribution in [2.24, 2.45) is 47.3 Å².